The van der Waals surface area contributed by atoms with Gasteiger partial charge in [0.2, 0.25) is 0 Å². The highest BCUT2D eigenvalue weighted by Gasteiger charge is 2.44. The molecule has 1 N–H and O–H groups in total. The van der Waals surface area contributed by atoms with Crippen molar-refractivity contribution in [1.82, 2.24) is 20.0 Å². The Morgan fingerprint density at radius 3 is 2.93 bits per heavy atom. The minimum Gasteiger partial charge on any atom is -0.491 e. The third-order valence-corrected chi connectivity index (χ3v) is 5.73. The van der Waals surface area contributed by atoms with Crippen LogP contribution in [0.25, 0.3) is 0 Å². The van der Waals surface area contributed by atoms with Crippen LogP contribution in [0.1, 0.15) is 35.2 Å². The van der Waals surface area contributed by atoms with Gasteiger partial charge in [-0.05, 0) is 37.3 Å². The SMILES string of the molecule is Cn1cc(C(=O)N2CCOC3(CCCCc4ccccc4OCCNC3=O)C2)cn1. The summed E-state index contributed by atoms with van der Waals surface area (Å²) in [5, 5.41) is 7.04. The standard InChI is InChI=1S/C22H28N4O4/c1-25-15-18(14-24-25)20(27)26-11-13-30-22(16-26)9-5-4-7-17-6-2-3-8-19(17)29-12-10-23-21(22)28/h2-3,6,8,14-15H,4-5,7,9-13,16H2,1H3,(H,23,28). The summed E-state index contributed by atoms with van der Waals surface area (Å²) in [7, 11) is 1.78. The molecule has 3 heterocycles. The van der Waals surface area contributed by atoms with E-state index in [-0.39, 0.29) is 18.4 Å². The number of amides is 2. The fraction of sp³-hybridized carbons (Fsp3) is 0.500. The van der Waals surface area contributed by atoms with Crippen LogP contribution in [0.4, 0.5) is 0 Å². The van der Waals surface area contributed by atoms with E-state index in [0.29, 0.717) is 38.3 Å². The van der Waals surface area contributed by atoms with Crippen LogP contribution in [0, 0.1) is 0 Å². The van der Waals surface area contributed by atoms with Gasteiger partial charge in [-0.25, -0.2) is 0 Å². The average Bonchev–Trinajstić information content (AvgIpc) is 3.20. The molecule has 1 unspecified atom stereocenters. The maximum Gasteiger partial charge on any atom is 0.257 e. The van der Waals surface area contributed by atoms with Crippen LogP contribution < -0.4 is 10.1 Å². The third-order valence-electron chi connectivity index (χ3n) is 5.73. The number of carbonyl (C=O) groups is 2. The number of benzene rings is 1. The summed E-state index contributed by atoms with van der Waals surface area (Å²) >= 11 is 0. The van der Waals surface area contributed by atoms with Crippen LogP contribution in [-0.2, 0) is 23.0 Å². The fourth-order valence-corrected chi connectivity index (χ4v) is 4.14. The molecule has 0 radical (unpaired) electrons. The van der Waals surface area contributed by atoms with Gasteiger partial charge in [-0.1, -0.05) is 18.2 Å². The molecule has 0 bridgehead atoms. The smallest absolute Gasteiger partial charge is 0.257 e. The van der Waals surface area contributed by atoms with Gasteiger partial charge in [-0.15, -0.1) is 0 Å². The second kappa shape index (κ2) is 8.87. The van der Waals surface area contributed by atoms with Gasteiger partial charge >= 0.3 is 0 Å². The first kappa shape index (κ1) is 20.4. The molecule has 2 amide bonds. The summed E-state index contributed by atoms with van der Waals surface area (Å²) < 4.78 is 13.5. The number of nitrogens with zero attached hydrogens (tertiary/aromatic N) is 3. The van der Waals surface area contributed by atoms with E-state index in [2.05, 4.69) is 16.5 Å². The largest absolute Gasteiger partial charge is 0.491 e. The summed E-state index contributed by atoms with van der Waals surface area (Å²) in [6.07, 6.45) is 6.43. The molecule has 1 saturated heterocycles. The van der Waals surface area contributed by atoms with Crippen molar-refractivity contribution in [3.05, 3.63) is 47.8 Å². The monoisotopic (exact) mass is 412 g/mol. The number of hydrogen-bond donors (Lipinski definition) is 1. The van der Waals surface area contributed by atoms with E-state index in [1.54, 1.807) is 29.0 Å². The lowest BCUT2D eigenvalue weighted by molar-refractivity contribution is -0.159. The molecule has 2 aliphatic heterocycles. The van der Waals surface area contributed by atoms with Crippen LogP contribution in [0.2, 0.25) is 0 Å². The molecule has 4 rings (SSSR count). The Morgan fingerprint density at radius 2 is 2.10 bits per heavy atom. The Balaban J connectivity index is 1.49. The highest BCUT2D eigenvalue weighted by Crippen LogP contribution is 2.28. The van der Waals surface area contributed by atoms with Crippen molar-refractivity contribution in [3.8, 4) is 5.75 Å². The summed E-state index contributed by atoms with van der Waals surface area (Å²) in [6.45, 7) is 1.80. The zero-order chi connectivity index (χ0) is 21.0. The van der Waals surface area contributed by atoms with Gasteiger partial charge in [0.05, 0.1) is 31.5 Å². The summed E-state index contributed by atoms with van der Waals surface area (Å²) in [6, 6.07) is 8.03. The number of aromatic nitrogens is 2. The number of ether oxygens (including phenoxy) is 2. The minimum atomic E-state index is -1.03. The van der Waals surface area contributed by atoms with Crippen molar-refractivity contribution in [1.29, 1.82) is 0 Å². The van der Waals surface area contributed by atoms with Gasteiger partial charge in [0.25, 0.3) is 11.8 Å². The number of aryl methyl sites for hydroxylation is 2. The molecule has 0 saturated carbocycles. The van der Waals surface area contributed by atoms with Crippen molar-refractivity contribution in [2.45, 2.75) is 31.3 Å². The van der Waals surface area contributed by atoms with Gasteiger partial charge in [-0.3, -0.25) is 14.3 Å². The van der Waals surface area contributed by atoms with Gasteiger partial charge in [0, 0.05) is 19.8 Å². The number of fused-ring (bicyclic) bond motifs is 1. The zero-order valence-corrected chi connectivity index (χ0v) is 17.3. The predicted octanol–water partition coefficient (Wildman–Crippen LogP) is 1.55. The number of nitrogens with one attached hydrogen (secondary N) is 1. The van der Waals surface area contributed by atoms with E-state index in [1.165, 1.54) is 5.56 Å². The highest BCUT2D eigenvalue weighted by atomic mass is 16.5. The molecule has 160 valence electrons. The van der Waals surface area contributed by atoms with E-state index in [4.69, 9.17) is 9.47 Å². The van der Waals surface area contributed by atoms with Gasteiger partial charge in [0.1, 0.15) is 12.4 Å². The molecule has 1 aromatic heterocycles. The first-order chi connectivity index (χ1) is 14.6. The lowest BCUT2D eigenvalue weighted by Crippen LogP contribution is -2.61. The van der Waals surface area contributed by atoms with Crippen molar-refractivity contribution >= 4 is 11.8 Å². The van der Waals surface area contributed by atoms with Crippen LogP contribution >= 0.6 is 0 Å². The Kier molecular flexibility index (Phi) is 6.03. The van der Waals surface area contributed by atoms with Crippen molar-refractivity contribution in [2.75, 3.05) is 32.8 Å². The Labute approximate surface area is 176 Å². The van der Waals surface area contributed by atoms with Crippen molar-refractivity contribution in [3.63, 3.8) is 0 Å². The summed E-state index contributed by atoms with van der Waals surface area (Å²) in [5.74, 6) is 0.579. The lowest BCUT2D eigenvalue weighted by atomic mass is 9.91. The average molecular weight is 412 g/mol. The molecule has 8 nitrogen and oxygen atoms in total. The van der Waals surface area contributed by atoms with E-state index in [9.17, 15) is 9.59 Å². The number of para-hydroxylation sites is 1. The zero-order valence-electron chi connectivity index (χ0n) is 17.3. The van der Waals surface area contributed by atoms with E-state index < -0.39 is 5.60 Å². The van der Waals surface area contributed by atoms with Crippen molar-refractivity contribution in [2.24, 2.45) is 7.05 Å². The molecule has 2 aromatic rings. The van der Waals surface area contributed by atoms with Gasteiger partial charge < -0.3 is 19.7 Å². The Bertz CT molecular complexity index is 912. The predicted molar refractivity (Wildman–Crippen MR) is 110 cm³/mol. The van der Waals surface area contributed by atoms with Crippen molar-refractivity contribution < 1.29 is 19.1 Å². The topological polar surface area (TPSA) is 85.7 Å². The molecule has 1 fully saturated rings. The molecule has 0 aliphatic carbocycles. The van der Waals surface area contributed by atoms with Crippen LogP contribution in [0.3, 0.4) is 0 Å². The molecular weight excluding hydrogens is 384 g/mol. The third kappa shape index (κ3) is 4.33. The van der Waals surface area contributed by atoms with Gasteiger partial charge in [0.15, 0.2) is 5.60 Å². The number of hydrogen-bond acceptors (Lipinski definition) is 5. The maximum absolute atomic E-state index is 13.1. The molecule has 30 heavy (non-hydrogen) atoms. The lowest BCUT2D eigenvalue weighted by Gasteiger charge is -2.41. The molecule has 1 spiro atoms. The van der Waals surface area contributed by atoms with E-state index in [0.717, 1.165) is 25.0 Å². The summed E-state index contributed by atoms with van der Waals surface area (Å²) in [4.78, 5) is 27.7. The molecule has 8 heteroatoms. The van der Waals surface area contributed by atoms with Gasteiger partial charge in [-0.2, -0.15) is 5.10 Å². The second-order valence-electron chi connectivity index (χ2n) is 7.89. The molecule has 1 atom stereocenters. The highest BCUT2D eigenvalue weighted by molar-refractivity contribution is 5.95. The first-order valence-corrected chi connectivity index (χ1v) is 10.5. The normalized spacial score (nSPS) is 23.0. The summed E-state index contributed by atoms with van der Waals surface area (Å²) in [5.41, 5.74) is 0.666. The molecule has 2 aliphatic rings. The van der Waals surface area contributed by atoms with Crippen LogP contribution in [0.15, 0.2) is 36.7 Å². The number of morpholine rings is 1. The minimum absolute atomic E-state index is 0.123. The van der Waals surface area contributed by atoms with Crippen LogP contribution in [0.5, 0.6) is 5.75 Å². The quantitative estimate of drug-likeness (QED) is 0.768. The number of carbonyl (C=O) groups excluding carboxylic acids is 2. The molecule has 1 aromatic carbocycles. The van der Waals surface area contributed by atoms with E-state index >= 15 is 0 Å². The first-order valence-electron chi connectivity index (χ1n) is 10.5. The number of rotatable bonds is 1. The second-order valence-corrected chi connectivity index (χ2v) is 7.89. The Morgan fingerprint density at radius 1 is 1.23 bits per heavy atom. The molecular formula is C22H28N4O4. The van der Waals surface area contributed by atoms with Crippen LogP contribution in [-0.4, -0.2) is 64.9 Å². The Hall–Kier alpha value is -2.87. The van der Waals surface area contributed by atoms with E-state index in [1.807, 2.05) is 18.2 Å². The fourth-order valence-electron chi connectivity index (χ4n) is 4.14. The maximum atomic E-state index is 13.1.